The number of aromatic nitrogens is 2. The first-order valence-electron chi connectivity index (χ1n) is 11.8. The number of carbonyl (C=O) groups excluding carboxylic acids is 2. The Hall–Kier alpha value is -4.63. The molecule has 4 N–H and O–H groups in total. The Kier molecular flexibility index (Phi) is 8.17. The lowest BCUT2D eigenvalue weighted by Gasteiger charge is -2.13. The monoisotopic (exact) mass is 499 g/mol. The molecule has 0 radical (unpaired) electrons. The van der Waals surface area contributed by atoms with E-state index in [0.717, 1.165) is 16.7 Å². The van der Waals surface area contributed by atoms with Crippen LogP contribution >= 0.6 is 0 Å². The highest BCUT2D eigenvalue weighted by atomic mass is 16.5. The number of rotatable bonds is 10. The van der Waals surface area contributed by atoms with Crippen LogP contribution in [0.2, 0.25) is 0 Å². The smallest absolute Gasteiger partial charge is 0.272 e. The number of aryl methyl sites for hydroxylation is 1. The number of nitrogens with zero attached hydrogens (tertiary/aromatic N) is 1. The molecule has 0 aliphatic carbocycles. The van der Waals surface area contributed by atoms with E-state index < -0.39 is 0 Å². The van der Waals surface area contributed by atoms with Crippen LogP contribution < -0.4 is 25.4 Å². The SMILES string of the molecule is CNCCOc1ccc(C)cc1NC(=O)c1cc(-c2cccc(Oc3ccnc(C(=O)NC)c3)c2)c[nH]1. The maximum Gasteiger partial charge on any atom is 0.272 e. The summed E-state index contributed by atoms with van der Waals surface area (Å²) in [5.41, 5.74) is 3.99. The summed E-state index contributed by atoms with van der Waals surface area (Å²) in [5, 5.41) is 8.52. The van der Waals surface area contributed by atoms with Crippen LogP contribution in [0, 0.1) is 6.92 Å². The lowest BCUT2D eigenvalue weighted by molar-refractivity contribution is 0.0957. The molecule has 4 rings (SSSR count). The number of amides is 2. The van der Waals surface area contributed by atoms with Gasteiger partial charge in [-0.2, -0.15) is 0 Å². The average Bonchev–Trinajstić information content (AvgIpc) is 3.41. The normalized spacial score (nSPS) is 10.6. The number of hydrogen-bond acceptors (Lipinski definition) is 6. The Balaban J connectivity index is 1.48. The van der Waals surface area contributed by atoms with Crippen molar-refractivity contribution in [3.63, 3.8) is 0 Å². The largest absolute Gasteiger partial charge is 0.490 e. The van der Waals surface area contributed by atoms with Gasteiger partial charge in [-0.1, -0.05) is 18.2 Å². The third-order valence-electron chi connectivity index (χ3n) is 5.51. The molecule has 0 aliphatic heterocycles. The lowest BCUT2D eigenvalue weighted by atomic mass is 10.1. The number of H-pyrrole nitrogens is 1. The van der Waals surface area contributed by atoms with E-state index >= 15 is 0 Å². The zero-order chi connectivity index (χ0) is 26.2. The number of aromatic amines is 1. The highest BCUT2D eigenvalue weighted by molar-refractivity contribution is 6.04. The summed E-state index contributed by atoms with van der Waals surface area (Å²) >= 11 is 0. The van der Waals surface area contributed by atoms with Crippen LogP contribution in [-0.4, -0.2) is 49.0 Å². The molecular weight excluding hydrogens is 470 g/mol. The summed E-state index contributed by atoms with van der Waals surface area (Å²) in [4.78, 5) is 31.9. The van der Waals surface area contributed by atoms with E-state index in [2.05, 4.69) is 25.9 Å². The fourth-order valence-electron chi connectivity index (χ4n) is 3.61. The summed E-state index contributed by atoms with van der Waals surface area (Å²) in [7, 11) is 3.40. The predicted molar refractivity (Wildman–Crippen MR) is 142 cm³/mol. The Labute approximate surface area is 215 Å². The van der Waals surface area contributed by atoms with Gasteiger partial charge < -0.3 is 30.4 Å². The minimum absolute atomic E-state index is 0.265. The topological polar surface area (TPSA) is 117 Å². The van der Waals surface area contributed by atoms with Crippen LogP contribution in [0.25, 0.3) is 11.1 Å². The minimum Gasteiger partial charge on any atom is -0.490 e. The Morgan fingerprint density at radius 1 is 0.946 bits per heavy atom. The zero-order valence-electron chi connectivity index (χ0n) is 20.9. The first-order chi connectivity index (χ1) is 18.0. The van der Waals surface area contributed by atoms with E-state index in [0.29, 0.717) is 41.8 Å². The van der Waals surface area contributed by atoms with Gasteiger partial charge in [-0.25, -0.2) is 0 Å². The standard InChI is InChI=1S/C28H29N5O4/c1-18-7-8-26(36-12-11-29-2)23(13-18)33-28(35)24-15-20(17-32-24)19-5-4-6-21(14-19)37-22-9-10-31-25(16-22)27(34)30-3/h4-10,13-17,29,32H,11-12H2,1-3H3,(H,30,34)(H,33,35). The molecule has 37 heavy (non-hydrogen) atoms. The molecule has 2 aromatic heterocycles. The number of ether oxygens (including phenoxy) is 2. The van der Waals surface area contributed by atoms with E-state index in [-0.39, 0.29) is 17.5 Å². The number of benzene rings is 2. The van der Waals surface area contributed by atoms with Crippen molar-refractivity contribution in [1.82, 2.24) is 20.6 Å². The van der Waals surface area contributed by atoms with Gasteiger partial charge in [0.25, 0.3) is 11.8 Å². The van der Waals surface area contributed by atoms with Crippen molar-refractivity contribution in [2.75, 3.05) is 32.6 Å². The summed E-state index contributed by atoms with van der Waals surface area (Å²) in [5.74, 6) is 1.12. The van der Waals surface area contributed by atoms with E-state index in [4.69, 9.17) is 9.47 Å². The molecule has 0 unspecified atom stereocenters. The maximum atomic E-state index is 13.0. The van der Waals surface area contributed by atoms with Crippen LogP contribution in [-0.2, 0) is 0 Å². The van der Waals surface area contributed by atoms with Crippen LogP contribution in [0.15, 0.2) is 73.1 Å². The van der Waals surface area contributed by atoms with Crippen molar-refractivity contribution in [2.45, 2.75) is 6.92 Å². The molecule has 0 aliphatic rings. The summed E-state index contributed by atoms with van der Waals surface area (Å²) in [6.45, 7) is 3.14. The number of likely N-dealkylation sites (N-methyl/N-ethyl adjacent to an activating group) is 1. The molecule has 9 nitrogen and oxygen atoms in total. The van der Waals surface area contributed by atoms with Gasteiger partial charge in [-0.3, -0.25) is 14.6 Å². The van der Waals surface area contributed by atoms with Crippen molar-refractivity contribution >= 4 is 17.5 Å². The van der Waals surface area contributed by atoms with E-state index in [1.54, 1.807) is 31.4 Å². The van der Waals surface area contributed by atoms with Gasteiger partial charge in [-0.05, 0) is 61.5 Å². The molecule has 0 saturated heterocycles. The van der Waals surface area contributed by atoms with Crippen LogP contribution in [0.1, 0.15) is 26.5 Å². The second-order valence-corrected chi connectivity index (χ2v) is 8.29. The maximum absolute atomic E-state index is 13.0. The molecule has 190 valence electrons. The third kappa shape index (κ3) is 6.53. The Morgan fingerprint density at radius 2 is 1.78 bits per heavy atom. The average molecular weight is 500 g/mol. The second kappa shape index (κ2) is 11.9. The highest BCUT2D eigenvalue weighted by Crippen LogP contribution is 2.29. The van der Waals surface area contributed by atoms with Crippen molar-refractivity contribution in [1.29, 1.82) is 0 Å². The van der Waals surface area contributed by atoms with Gasteiger partial charge in [0.05, 0.1) is 5.69 Å². The van der Waals surface area contributed by atoms with Crippen molar-refractivity contribution in [3.8, 4) is 28.4 Å². The molecule has 4 aromatic rings. The van der Waals surface area contributed by atoms with E-state index in [1.165, 1.54) is 6.20 Å². The minimum atomic E-state index is -0.292. The Morgan fingerprint density at radius 3 is 2.59 bits per heavy atom. The molecule has 0 saturated carbocycles. The van der Waals surface area contributed by atoms with Gasteiger partial charge in [0, 0.05) is 37.6 Å². The number of hydrogen-bond donors (Lipinski definition) is 4. The number of nitrogens with one attached hydrogen (secondary N) is 4. The molecule has 0 fully saturated rings. The van der Waals surface area contributed by atoms with Crippen molar-refractivity contribution < 1.29 is 19.1 Å². The fourth-order valence-corrected chi connectivity index (χ4v) is 3.61. The predicted octanol–water partition coefficient (Wildman–Crippen LogP) is 4.39. The molecule has 0 atom stereocenters. The molecule has 0 bridgehead atoms. The van der Waals surface area contributed by atoms with E-state index in [1.807, 2.05) is 56.4 Å². The van der Waals surface area contributed by atoms with Gasteiger partial charge in [0.15, 0.2) is 0 Å². The van der Waals surface area contributed by atoms with Gasteiger partial charge in [0.2, 0.25) is 0 Å². The molecule has 2 heterocycles. The van der Waals surface area contributed by atoms with Crippen molar-refractivity contribution in [3.05, 3.63) is 90.0 Å². The number of anilines is 1. The molecule has 2 amide bonds. The number of pyridine rings is 1. The quantitative estimate of drug-likeness (QED) is 0.241. The first-order valence-corrected chi connectivity index (χ1v) is 11.8. The van der Waals surface area contributed by atoms with Crippen LogP contribution in [0.4, 0.5) is 5.69 Å². The van der Waals surface area contributed by atoms with Crippen LogP contribution in [0.5, 0.6) is 17.2 Å². The summed E-state index contributed by atoms with van der Waals surface area (Å²) < 4.78 is 11.8. The zero-order valence-corrected chi connectivity index (χ0v) is 20.9. The molecule has 2 aromatic carbocycles. The summed E-state index contributed by atoms with van der Waals surface area (Å²) in [6.07, 6.45) is 3.29. The number of carbonyl (C=O) groups is 2. The fraction of sp³-hybridized carbons (Fsp3) is 0.179. The van der Waals surface area contributed by atoms with E-state index in [9.17, 15) is 9.59 Å². The van der Waals surface area contributed by atoms with Crippen LogP contribution in [0.3, 0.4) is 0 Å². The van der Waals surface area contributed by atoms with Gasteiger partial charge >= 0.3 is 0 Å². The van der Waals surface area contributed by atoms with Gasteiger partial charge in [0.1, 0.15) is 35.2 Å². The highest BCUT2D eigenvalue weighted by Gasteiger charge is 2.14. The van der Waals surface area contributed by atoms with Gasteiger partial charge in [-0.15, -0.1) is 0 Å². The molecule has 0 spiro atoms. The molecule has 9 heteroatoms. The lowest BCUT2D eigenvalue weighted by Crippen LogP contribution is -2.18. The Bertz CT molecular complexity index is 1400. The molecular formula is C28H29N5O4. The third-order valence-corrected chi connectivity index (χ3v) is 5.51. The van der Waals surface area contributed by atoms with Crippen molar-refractivity contribution in [2.24, 2.45) is 0 Å². The first kappa shape index (κ1) is 25.5. The second-order valence-electron chi connectivity index (χ2n) is 8.29. The summed E-state index contributed by atoms with van der Waals surface area (Å²) in [6, 6.07) is 18.2.